The van der Waals surface area contributed by atoms with E-state index in [1.54, 1.807) is 0 Å². The molecule has 0 aromatic carbocycles. The number of alkyl halides is 3. The minimum Gasteiger partial charge on any atom is -0.481 e. The number of nitrogen functional groups attached to an aromatic ring is 1. The monoisotopic (exact) mass is 261 g/mol. The van der Waals surface area contributed by atoms with E-state index in [0.717, 1.165) is 6.20 Å². The van der Waals surface area contributed by atoms with Crippen molar-refractivity contribution in [2.75, 3.05) is 5.73 Å². The van der Waals surface area contributed by atoms with Crippen LogP contribution in [0.1, 0.15) is 11.3 Å². The third-order valence-corrected chi connectivity index (χ3v) is 1.81. The summed E-state index contributed by atoms with van der Waals surface area (Å²) in [5.74, 6) is -2.26. The number of rotatable bonds is 3. The summed E-state index contributed by atoms with van der Waals surface area (Å²) in [4.78, 5) is 14.0. The number of carboxylic acids is 1. The summed E-state index contributed by atoms with van der Waals surface area (Å²) in [6.07, 6.45) is -4.94. The molecule has 0 atom stereocenters. The molecule has 0 aliphatic heterocycles. The topological polar surface area (TPSA) is 109 Å². The summed E-state index contributed by atoms with van der Waals surface area (Å²) >= 11 is 0. The maximum atomic E-state index is 12.1. The molecule has 9 heteroatoms. The van der Waals surface area contributed by atoms with Gasteiger partial charge in [-0.1, -0.05) is 0 Å². The number of halogens is 3. The van der Waals surface area contributed by atoms with Crippen LogP contribution in [0.25, 0.3) is 0 Å². The summed E-state index contributed by atoms with van der Waals surface area (Å²) in [6.45, 7) is 0. The van der Waals surface area contributed by atoms with Crippen molar-refractivity contribution in [1.82, 2.24) is 4.98 Å². The summed E-state index contributed by atoms with van der Waals surface area (Å²) in [6, 6.07) is 1.42. The molecule has 0 amide bonds. The fourth-order valence-electron chi connectivity index (χ4n) is 1.14. The van der Waals surface area contributed by atoms with Crippen molar-refractivity contribution < 1.29 is 27.8 Å². The van der Waals surface area contributed by atoms with Crippen LogP contribution < -0.4 is 10.5 Å². The van der Waals surface area contributed by atoms with E-state index in [2.05, 4.69) is 9.72 Å². The van der Waals surface area contributed by atoms with Gasteiger partial charge in [0.15, 0.2) is 5.75 Å². The Hall–Kier alpha value is -2.50. The predicted octanol–water partition coefficient (Wildman–Crippen LogP) is 1.06. The first-order chi connectivity index (χ1) is 8.24. The number of hydrogen-bond donors (Lipinski definition) is 2. The molecule has 0 saturated heterocycles. The lowest BCUT2D eigenvalue weighted by molar-refractivity contribution is -0.274. The minimum absolute atomic E-state index is 0.305. The predicted molar refractivity (Wildman–Crippen MR) is 51.4 cm³/mol. The van der Waals surface area contributed by atoms with E-state index < -0.39 is 35.8 Å². The Balaban J connectivity index is 3.28. The molecule has 6 nitrogen and oxygen atoms in total. The molecule has 0 spiro atoms. The molecule has 96 valence electrons. The second-order valence-corrected chi connectivity index (χ2v) is 3.09. The zero-order valence-corrected chi connectivity index (χ0v) is 8.65. The van der Waals surface area contributed by atoms with E-state index in [1.165, 1.54) is 6.07 Å². The lowest BCUT2D eigenvalue weighted by atomic mass is 10.1. The van der Waals surface area contributed by atoms with Crippen LogP contribution >= 0.6 is 0 Å². The van der Waals surface area contributed by atoms with E-state index in [4.69, 9.17) is 16.1 Å². The molecule has 3 N–H and O–H groups in total. The standard InChI is InChI=1S/C9H6F3N3O3/c10-9(11,12)18-8-4(2-13)3-15-5(7(8)14)1-6(16)17/h3H,1,14H2,(H,16,17). The highest BCUT2D eigenvalue weighted by Crippen LogP contribution is 2.33. The lowest BCUT2D eigenvalue weighted by Gasteiger charge is -2.13. The Labute approximate surface area is 98.4 Å². The number of carbonyl (C=O) groups is 1. The van der Waals surface area contributed by atoms with Gasteiger partial charge in [-0.3, -0.25) is 9.78 Å². The third kappa shape index (κ3) is 3.24. The van der Waals surface area contributed by atoms with Gasteiger partial charge in [0, 0.05) is 6.20 Å². The number of pyridine rings is 1. The largest absolute Gasteiger partial charge is 0.573 e. The second kappa shape index (κ2) is 4.79. The molecule has 0 bridgehead atoms. The highest BCUT2D eigenvalue weighted by molar-refractivity contribution is 5.74. The number of nitrogens with two attached hydrogens (primary N) is 1. The molecule has 0 fully saturated rings. The van der Waals surface area contributed by atoms with E-state index >= 15 is 0 Å². The van der Waals surface area contributed by atoms with Gasteiger partial charge in [-0.25, -0.2) is 0 Å². The minimum atomic E-state index is -5.04. The molecular weight excluding hydrogens is 255 g/mol. The number of nitriles is 1. The van der Waals surface area contributed by atoms with Crippen molar-refractivity contribution in [3.63, 3.8) is 0 Å². The Kier molecular flexibility index (Phi) is 3.61. The molecule has 1 heterocycles. The summed E-state index contributed by atoms with van der Waals surface area (Å²) in [5, 5.41) is 17.1. The number of anilines is 1. The average Bonchev–Trinajstić information content (AvgIpc) is 2.22. The first kappa shape index (κ1) is 13.6. The van der Waals surface area contributed by atoms with Crippen LogP contribution in [-0.4, -0.2) is 22.4 Å². The van der Waals surface area contributed by atoms with Gasteiger partial charge in [-0.15, -0.1) is 13.2 Å². The molecule has 1 rings (SSSR count). The van der Waals surface area contributed by atoms with Crippen molar-refractivity contribution in [3.05, 3.63) is 17.5 Å². The summed E-state index contributed by atoms with van der Waals surface area (Å²) in [5.41, 5.74) is 3.86. The van der Waals surface area contributed by atoms with Crippen molar-refractivity contribution >= 4 is 11.7 Å². The van der Waals surface area contributed by atoms with Crippen LogP contribution in [0.4, 0.5) is 18.9 Å². The fraction of sp³-hybridized carbons (Fsp3) is 0.222. The van der Waals surface area contributed by atoms with Gasteiger partial charge in [0.25, 0.3) is 0 Å². The van der Waals surface area contributed by atoms with Gasteiger partial charge < -0.3 is 15.6 Å². The first-order valence-corrected chi connectivity index (χ1v) is 4.39. The van der Waals surface area contributed by atoms with Crippen LogP contribution in [-0.2, 0) is 11.2 Å². The number of hydrogen-bond acceptors (Lipinski definition) is 5. The van der Waals surface area contributed by atoms with E-state index in [9.17, 15) is 18.0 Å². The van der Waals surface area contributed by atoms with Gasteiger partial charge in [-0.05, 0) is 0 Å². The van der Waals surface area contributed by atoms with E-state index in [1.807, 2.05) is 0 Å². The molecular formula is C9H6F3N3O3. The number of nitrogens with zero attached hydrogens (tertiary/aromatic N) is 2. The maximum Gasteiger partial charge on any atom is 0.573 e. The third-order valence-electron chi connectivity index (χ3n) is 1.81. The molecule has 1 aromatic heterocycles. The van der Waals surface area contributed by atoms with E-state index in [0.29, 0.717) is 0 Å². The lowest BCUT2D eigenvalue weighted by Crippen LogP contribution is -2.20. The molecule has 0 radical (unpaired) electrons. The molecule has 0 aliphatic rings. The quantitative estimate of drug-likeness (QED) is 0.841. The molecule has 0 unspecified atom stereocenters. The van der Waals surface area contributed by atoms with Crippen molar-refractivity contribution in [2.24, 2.45) is 0 Å². The van der Waals surface area contributed by atoms with Crippen LogP contribution in [0.15, 0.2) is 6.20 Å². The zero-order chi connectivity index (χ0) is 13.9. The normalized spacial score (nSPS) is 10.8. The Morgan fingerprint density at radius 2 is 2.22 bits per heavy atom. The maximum absolute atomic E-state index is 12.1. The van der Waals surface area contributed by atoms with E-state index in [-0.39, 0.29) is 5.69 Å². The molecule has 0 saturated carbocycles. The highest BCUT2D eigenvalue weighted by Gasteiger charge is 2.34. The average molecular weight is 261 g/mol. The number of ether oxygens (including phenoxy) is 1. The van der Waals surface area contributed by atoms with Gasteiger partial charge in [0.05, 0.1) is 17.8 Å². The van der Waals surface area contributed by atoms with Crippen molar-refractivity contribution in [1.29, 1.82) is 5.26 Å². The smallest absolute Gasteiger partial charge is 0.481 e. The van der Waals surface area contributed by atoms with Crippen LogP contribution in [0, 0.1) is 11.3 Å². The molecule has 0 aliphatic carbocycles. The molecule has 18 heavy (non-hydrogen) atoms. The number of aliphatic carboxylic acids is 1. The molecule has 1 aromatic rings. The SMILES string of the molecule is N#Cc1cnc(CC(=O)O)c(N)c1OC(F)(F)F. The summed E-state index contributed by atoms with van der Waals surface area (Å²) in [7, 11) is 0. The highest BCUT2D eigenvalue weighted by atomic mass is 19.4. The Morgan fingerprint density at radius 3 is 2.67 bits per heavy atom. The number of aromatic nitrogens is 1. The van der Waals surface area contributed by atoms with Gasteiger partial charge >= 0.3 is 12.3 Å². The van der Waals surface area contributed by atoms with Crippen LogP contribution in [0.5, 0.6) is 5.75 Å². The van der Waals surface area contributed by atoms with Crippen molar-refractivity contribution in [2.45, 2.75) is 12.8 Å². The fourth-order valence-corrected chi connectivity index (χ4v) is 1.14. The van der Waals surface area contributed by atoms with Crippen molar-refractivity contribution in [3.8, 4) is 11.8 Å². The summed E-state index contributed by atoms with van der Waals surface area (Å²) < 4.78 is 39.9. The number of carboxylic acid groups (broad SMARTS) is 1. The Bertz CT molecular complexity index is 522. The zero-order valence-electron chi connectivity index (χ0n) is 8.65. The second-order valence-electron chi connectivity index (χ2n) is 3.09. The first-order valence-electron chi connectivity index (χ1n) is 4.39. The van der Waals surface area contributed by atoms with Crippen LogP contribution in [0.2, 0.25) is 0 Å². The van der Waals surface area contributed by atoms with Gasteiger partial charge in [0.1, 0.15) is 11.6 Å². The van der Waals surface area contributed by atoms with Gasteiger partial charge in [-0.2, -0.15) is 5.26 Å². The van der Waals surface area contributed by atoms with Gasteiger partial charge in [0.2, 0.25) is 0 Å². The Morgan fingerprint density at radius 1 is 1.61 bits per heavy atom. The van der Waals surface area contributed by atoms with Crippen LogP contribution in [0.3, 0.4) is 0 Å².